The van der Waals surface area contributed by atoms with Gasteiger partial charge in [0.1, 0.15) is 5.82 Å². The van der Waals surface area contributed by atoms with Crippen LogP contribution in [-0.4, -0.2) is 34.8 Å². The maximum Gasteiger partial charge on any atom is 0.244 e. The van der Waals surface area contributed by atoms with Crippen molar-refractivity contribution in [1.82, 2.24) is 15.2 Å². The number of hydrogen-bond donors (Lipinski definition) is 2. The number of nitrogens with zero attached hydrogens (tertiary/aromatic N) is 3. The van der Waals surface area contributed by atoms with Crippen molar-refractivity contribution in [1.29, 1.82) is 0 Å². The summed E-state index contributed by atoms with van der Waals surface area (Å²) in [4.78, 5) is 7.15. The first-order valence-electron chi connectivity index (χ1n) is 8.15. The lowest BCUT2D eigenvalue weighted by atomic mass is 9.83. The maximum absolute atomic E-state index is 5.75. The van der Waals surface area contributed by atoms with Crippen LogP contribution in [0.3, 0.4) is 0 Å². The lowest BCUT2D eigenvalue weighted by Crippen LogP contribution is -2.36. The van der Waals surface area contributed by atoms with Crippen LogP contribution in [-0.2, 0) is 5.41 Å². The Labute approximate surface area is 121 Å². The fourth-order valence-corrected chi connectivity index (χ4v) is 3.81. The van der Waals surface area contributed by atoms with E-state index in [2.05, 4.69) is 22.0 Å². The molecule has 3 N–H and O–H groups in total. The minimum absolute atomic E-state index is 0.265. The normalized spacial score (nSPS) is 23.4. The molecule has 1 saturated carbocycles. The molecule has 0 amide bonds. The van der Waals surface area contributed by atoms with E-state index in [1.165, 1.54) is 38.5 Å². The van der Waals surface area contributed by atoms with Crippen molar-refractivity contribution in [2.75, 3.05) is 24.5 Å². The molecular formula is C15H27N5. The third-order valence-electron chi connectivity index (χ3n) is 5.44. The highest BCUT2D eigenvalue weighted by Crippen LogP contribution is 2.42. The zero-order valence-corrected chi connectivity index (χ0v) is 12.6. The predicted octanol–water partition coefficient (Wildman–Crippen LogP) is 2.20. The molecule has 2 fully saturated rings. The van der Waals surface area contributed by atoms with Crippen molar-refractivity contribution in [3.63, 3.8) is 0 Å². The van der Waals surface area contributed by atoms with Gasteiger partial charge in [-0.15, -0.1) is 5.10 Å². The second-order valence-corrected chi connectivity index (χ2v) is 6.49. The number of anilines is 1. The van der Waals surface area contributed by atoms with Crippen LogP contribution >= 0.6 is 0 Å². The van der Waals surface area contributed by atoms with Crippen LogP contribution in [0.4, 0.5) is 5.95 Å². The van der Waals surface area contributed by atoms with Gasteiger partial charge in [-0.2, -0.15) is 4.98 Å². The molecule has 0 radical (unpaired) electrons. The summed E-state index contributed by atoms with van der Waals surface area (Å²) in [5, 5.41) is 7.72. The molecule has 0 bridgehead atoms. The average Bonchev–Trinajstić information content (AvgIpc) is 3.17. The summed E-state index contributed by atoms with van der Waals surface area (Å²) < 4.78 is 0. The van der Waals surface area contributed by atoms with Crippen LogP contribution in [0.2, 0.25) is 0 Å². The molecule has 1 aromatic heterocycles. The molecule has 112 valence electrons. The van der Waals surface area contributed by atoms with E-state index in [-0.39, 0.29) is 5.41 Å². The Morgan fingerprint density at radius 1 is 1.30 bits per heavy atom. The average molecular weight is 277 g/mol. The fourth-order valence-electron chi connectivity index (χ4n) is 3.81. The number of H-pyrrole nitrogens is 1. The van der Waals surface area contributed by atoms with Crippen molar-refractivity contribution in [2.45, 2.75) is 57.3 Å². The van der Waals surface area contributed by atoms with Gasteiger partial charge in [-0.05, 0) is 44.6 Å². The largest absolute Gasteiger partial charge is 0.340 e. The van der Waals surface area contributed by atoms with Gasteiger partial charge in [0, 0.05) is 18.5 Å². The lowest BCUT2D eigenvalue weighted by Gasteiger charge is -2.30. The van der Waals surface area contributed by atoms with Gasteiger partial charge in [0.05, 0.1) is 0 Å². The molecule has 5 heteroatoms. The summed E-state index contributed by atoms with van der Waals surface area (Å²) in [5.41, 5.74) is 6.02. The van der Waals surface area contributed by atoms with Crippen LogP contribution in [0, 0.1) is 5.92 Å². The van der Waals surface area contributed by atoms with E-state index in [0.29, 0.717) is 5.92 Å². The summed E-state index contributed by atoms with van der Waals surface area (Å²) in [7, 11) is 0. The molecule has 20 heavy (non-hydrogen) atoms. The van der Waals surface area contributed by atoms with E-state index in [1.807, 2.05) is 0 Å². The highest BCUT2D eigenvalue weighted by molar-refractivity contribution is 5.31. The third kappa shape index (κ3) is 2.43. The highest BCUT2D eigenvalue weighted by Gasteiger charge is 2.37. The number of nitrogens with one attached hydrogen (secondary N) is 1. The zero-order valence-electron chi connectivity index (χ0n) is 12.6. The Morgan fingerprint density at radius 2 is 2.00 bits per heavy atom. The number of piperidine rings is 1. The van der Waals surface area contributed by atoms with Gasteiger partial charge in [-0.1, -0.05) is 19.8 Å². The van der Waals surface area contributed by atoms with Crippen LogP contribution in [0.15, 0.2) is 0 Å². The Bertz CT molecular complexity index is 427. The van der Waals surface area contributed by atoms with E-state index in [1.54, 1.807) is 0 Å². The molecule has 1 aliphatic heterocycles. The molecule has 0 spiro atoms. The quantitative estimate of drug-likeness (QED) is 0.885. The van der Waals surface area contributed by atoms with Crippen molar-refractivity contribution in [3.05, 3.63) is 5.82 Å². The van der Waals surface area contributed by atoms with Crippen LogP contribution in [0.25, 0.3) is 0 Å². The van der Waals surface area contributed by atoms with Gasteiger partial charge in [-0.25, -0.2) is 0 Å². The van der Waals surface area contributed by atoms with Crippen LogP contribution in [0.5, 0.6) is 0 Å². The number of aromatic amines is 1. The summed E-state index contributed by atoms with van der Waals surface area (Å²) in [6, 6.07) is 0. The summed E-state index contributed by atoms with van der Waals surface area (Å²) in [5.74, 6) is 2.70. The number of nitrogens with two attached hydrogens (primary N) is 1. The molecular weight excluding hydrogens is 250 g/mol. The molecule has 1 aliphatic carbocycles. The minimum atomic E-state index is 0.265. The second-order valence-electron chi connectivity index (χ2n) is 6.49. The summed E-state index contributed by atoms with van der Waals surface area (Å²) in [6.45, 7) is 5.17. The van der Waals surface area contributed by atoms with Gasteiger partial charge in [0.25, 0.3) is 0 Å². The minimum Gasteiger partial charge on any atom is -0.340 e. The molecule has 1 aromatic rings. The molecule has 3 rings (SSSR count). The van der Waals surface area contributed by atoms with E-state index in [9.17, 15) is 0 Å². The van der Waals surface area contributed by atoms with Crippen molar-refractivity contribution in [2.24, 2.45) is 11.7 Å². The molecule has 2 aliphatic rings. The smallest absolute Gasteiger partial charge is 0.244 e. The molecule has 5 nitrogen and oxygen atoms in total. The van der Waals surface area contributed by atoms with Crippen molar-refractivity contribution in [3.8, 4) is 0 Å². The SMILES string of the molecule is CCC1(c2nc(N3CCC(CN)CC3)n[nH]2)CCCC1. The van der Waals surface area contributed by atoms with Gasteiger partial charge in [-0.3, -0.25) is 5.10 Å². The number of hydrogen-bond acceptors (Lipinski definition) is 4. The standard InChI is InChI=1S/C15H27N5/c1-2-15(7-3-4-8-15)13-17-14(19-18-13)20-9-5-12(11-16)6-10-20/h12H,2-11,16H2,1H3,(H,17,18,19). The second kappa shape index (κ2) is 5.72. The van der Waals surface area contributed by atoms with E-state index in [4.69, 9.17) is 10.7 Å². The Hall–Kier alpha value is -1.10. The van der Waals surface area contributed by atoms with Crippen molar-refractivity contribution >= 4 is 5.95 Å². The third-order valence-corrected chi connectivity index (χ3v) is 5.44. The fraction of sp³-hybridized carbons (Fsp3) is 0.867. The Balaban J connectivity index is 1.71. The number of rotatable bonds is 4. The maximum atomic E-state index is 5.75. The highest BCUT2D eigenvalue weighted by atomic mass is 15.4. The number of aromatic nitrogens is 3. The van der Waals surface area contributed by atoms with Gasteiger partial charge < -0.3 is 10.6 Å². The topological polar surface area (TPSA) is 70.8 Å². The first-order chi connectivity index (χ1) is 9.77. The molecule has 1 saturated heterocycles. The first-order valence-corrected chi connectivity index (χ1v) is 8.15. The summed E-state index contributed by atoms with van der Waals surface area (Å²) in [6.07, 6.45) is 8.66. The molecule has 0 unspecified atom stereocenters. The predicted molar refractivity (Wildman–Crippen MR) is 80.8 cm³/mol. The van der Waals surface area contributed by atoms with Crippen LogP contribution < -0.4 is 10.6 Å². The van der Waals surface area contributed by atoms with E-state index < -0.39 is 0 Å². The van der Waals surface area contributed by atoms with E-state index >= 15 is 0 Å². The lowest BCUT2D eigenvalue weighted by molar-refractivity contribution is 0.398. The molecule has 0 aromatic carbocycles. The summed E-state index contributed by atoms with van der Waals surface area (Å²) >= 11 is 0. The Kier molecular flexibility index (Phi) is 3.96. The monoisotopic (exact) mass is 277 g/mol. The van der Waals surface area contributed by atoms with Crippen LogP contribution in [0.1, 0.15) is 57.7 Å². The van der Waals surface area contributed by atoms with Gasteiger partial charge in [0.2, 0.25) is 5.95 Å². The van der Waals surface area contributed by atoms with Gasteiger partial charge in [0.15, 0.2) is 0 Å². The van der Waals surface area contributed by atoms with Crippen molar-refractivity contribution < 1.29 is 0 Å². The zero-order chi connectivity index (χ0) is 14.0. The first kappa shape index (κ1) is 13.9. The van der Waals surface area contributed by atoms with Gasteiger partial charge >= 0.3 is 0 Å². The Morgan fingerprint density at radius 3 is 2.60 bits per heavy atom. The molecule has 2 heterocycles. The molecule has 0 atom stereocenters. The van der Waals surface area contributed by atoms with E-state index in [0.717, 1.165) is 37.8 Å².